The third-order valence-electron chi connectivity index (χ3n) is 4.82. The molecule has 0 bridgehead atoms. The topological polar surface area (TPSA) is 82.1 Å². The van der Waals surface area contributed by atoms with E-state index in [4.69, 9.17) is 21.4 Å². The molecule has 1 aromatic carbocycles. The van der Waals surface area contributed by atoms with Crippen molar-refractivity contribution in [3.05, 3.63) is 34.6 Å². The Morgan fingerprint density at radius 1 is 1.48 bits per heavy atom. The number of nitrogens with zero attached hydrogens (tertiary/aromatic N) is 2. The minimum atomic E-state index is -0.908. The summed E-state index contributed by atoms with van der Waals surface area (Å²) in [4.78, 5) is 26.6. The summed E-state index contributed by atoms with van der Waals surface area (Å²) in [5, 5.41) is 12.1. The molecule has 2 aliphatic rings. The average Bonchev–Trinajstić information content (AvgIpc) is 3.32. The van der Waals surface area contributed by atoms with Gasteiger partial charge in [0.15, 0.2) is 0 Å². The zero-order chi connectivity index (χ0) is 19.6. The van der Waals surface area contributed by atoms with E-state index in [2.05, 4.69) is 5.32 Å². The fourth-order valence-electron chi connectivity index (χ4n) is 3.45. The summed E-state index contributed by atoms with van der Waals surface area (Å²) in [7, 11) is 1.70. The first kappa shape index (κ1) is 19.9. The molecule has 0 spiro atoms. The van der Waals surface area contributed by atoms with Gasteiger partial charge in [0.05, 0.1) is 19.3 Å². The number of amides is 2. The van der Waals surface area contributed by atoms with E-state index in [9.17, 15) is 14.0 Å². The Kier molecular flexibility index (Phi) is 6.18. The summed E-state index contributed by atoms with van der Waals surface area (Å²) in [6, 6.07) is 4.23. The highest BCUT2D eigenvalue weighted by Crippen LogP contribution is 2.44. The second kappa shape index (κ2) is 8.41. The number of carbonyl (C=O) groups excluding carboxylic acids is 1. The number of benzene rings is 1. The maximum atomic E-state index is 14.0. The Morgan fingerprint density at radius 3 is 2.96 bits per heavy atom. The van der Waals surface area contributed by atoms with Crippen molar-refractivity contribution in [1.82, 2.24) is 15.1 Å². The number of aliphatic carboxylic acids is 1. The summed E-state index contributed by atoms with van der Waals surface area (Å²) in [6.07, 6.45) is 0.409. The van der Waals surface area contributed by atoms with E-state index in [-0.39, 0.29) is 36.5 Å². The molecule has 3 atom stereocenters. The number of likely N-dealkylation sites (N-methyl/N-ethyl adjacent to an activating group) is 1. The second-order valence-corrected chi connectivity index (χ2v) is 7.47. The van der Waals surface area contributed by atoms with Crippen molar-refractivity contribution < 1.29 is 23.8 Å². The van der Waals surface area contributed by atoms with Crippen LogP contribution in [-0.2, 0) is 9.53 Å². The van der Waals surface area contributed by atoms with Crippen LogP contribution in [0.25, 0.3) is 0 Å². The molecule has 1 saturated heterocycles. The number of carboxylic acids is 1. The summed E-state index contributed by atoms with van der Waals surface area (Å²) in [5.74, 6) is -1.37. The van der Waals surface area contributed by atoms with Gasteiger partial charge >= 0.3 is 12.0 Å². The second-order valence-electron chi connectivity index (χ2n) is 7.06. The van der Waals surface area contributed by atoms with Crippen molar-refractivity contribution in [1.29, 1.82) is 0 Å². The van der Waals surface area contributed by atoms with E-state index in [0.29, 0.717) is 43.2 Å². The first-order valence-corrected chi connectivity index (χ1v) is 9.24. The van der Waals surface area contributed by atoms with E-state index in [1.807, 2.05) is 0 Å². The van der Waals surface area contributed by atoms with Crippen molar-refractivity contribution in [2.45, 2.75) is 24.5 Å². The molecule has 2 N–H and O–H groups in total. The number of hydrogen-bond acceptors (Lipinski definition) is 4. The van der Waals surface area contributed by atoms with E-state index in [0.717, 1.165) is 0 Å². The highest BCUT2D eigenvalue weighted by atomic mass is 35.5. The van der Waals surface area contributed by atoms with Crippen LogP contribution in [0.15, 0.2) is 18.2 Å². The number of morpholine rings is 1. The Bertz CT molecular complexity index is 700. The maximum absolute atomic E-state index is 14.0. The highest BCUT2D eigenvalue weighted by Gasteiger charge is 2.43. The molecule has 1 heterocycles. The molecule has 3 rings (SSSR count). The van der Waals surface area contributed by atoms with Crippen LogP contribution >= 0.6 is 11.6 Å². The van der Waals surface area contributed by atoms with Crippen LogP contribution in [-0.4, -0.2) is 78.9 Å². The average molecular weight is 400 g/mol. The summed E-state index contributed by atoms with van der Waals surface area (Å²) in [6.45, 7) is 1.58. The largest absolute Gasteiger partial charge is 0.480 e. The molecule has 7 nitrogen and oxygen atoms in total. The molecule has 1 saturated carbocycles. The monoisotopic (exact) mass is 399 g/mol. The van der Waals surface area contributed by atoms with Crippen LogP contribution < -0.4 is 5.32 Å². The molecular weight excluding hydrogens is 377 g/mol. The van der Waals surface area contributed by atoms with Crippen LogP contribution in [0.5, 0.6) is 0 Å². The smallest absolute Gasteiger partial charge is 0.317 e. The van der Waals surface area contributed by atoms with Gasteiger partial charge in [0, 0.05) is 42.2 Å². The summed E-state index contributed by atoms with van der Waals surface area (Å²) >= 11 is 6.09. The number of halogens is 2. The van der Waals surface area contributed by atoms with Gasteiger partial charge in [0.2, 0.25) is 0 Å². The van der Waals surface area contributed by atoms with Gasteiger partial charge in [-0.2, -0.15) is 0 Å². The zero-order valence-electron chi connectivity index (χ0n) is 15.0. The molecule has 2 fully saturated rings. The Hall–Kier alpha value is -1.90. The fourth-order valence-corrected chi connectivity index (χ4v) is 3.75. The molecule has 148 valence electrons. The zero-order valence-corrected chi connectivity index (χ0v) is 15.8. The summed E-state index contributed by atoms with van der Waals surface area (Å²) < 4.78 is 19.6. The summed E-state index contributed by atoms with van der Waals surface area (Å²) in [5.41, 5.74) is 0.458. The van der Waals surface area contributed by atoms with Gasteiger partial charge < -0.3 is 20.1 Å². The lowest BCUT2D eigenvalue weighted by molar-refractivity contribution is -0.138. The van der Waals surface area contributed by atoms with Gasteiger partial charge in [-0.15, -0.1) is 0 Å². The minimum absolute atomic E-state index is 0.0841. The minimum Gasteiger partial charge on any atom is -0.480 e. The van der Waals surface area contributed by atoms with Gasteiger partial charge in [-0.3, -0.25) is 9.69 Å². The van der Waals surface area contributed by atoms with E-state index >= 15 is 0 Å². The molecule has 0 aromatic heterocycles. The van der Waals surface area contributed by atoms with Gasteiger partial charge in [0.25, 0.3) is 0 Å². The van der Waals surface area contributed by atoms with Gasteiger partial charge in [0.1, 0.15) is 5.82 Å². The molecule has 9 heteroatoms. The molecule has 1 aromatic rings. The van der Waals surface area contributed by atoms with Crippen molar-refractivity contribution >= 4 is 23.6 Å². The Morgan fingerprint density at radius 2 is 2.26 bits per heavy atom. The van der Waals surface area contributed by atoms with Crippen LogP contribution in [0.2, 0.25) is 5.02 Å². The van der Waals surface area contributed by atoms with Gasteiger partial charge in [-0.1, -0.05) is 17.7 Å². The molecule has 0 radical (unpaired) electrons. The third-order valence-corrected chi connectivity index (χ3v) is 5.15. The lowest BCUT2D eigenvalue weighted by atomic mass is 10.1. The number of ether oxygens (including phenoxy) is 1. The molecule has 27 heavy (non-hydrogen) atoms. The standard InChI is InChI=1S/C18H23ClFN3O4/c1-22(10-16(24)25)8-11-9-23(5-6-27-11)18(26)21-15-7-12(15)17-13(19)3-2-4-14(17)20/h2-4,11-12,15H,5-10H2,1H3,(H,21,26)(H,24,25)/t11?,12-,15-/m1/s1. The number of nitrogens with one attached hydrogen (secondary N) is 1. The SMILES string of the molecule is CN(CC(=O)O)CC1CN(C(=O)N[C@@H]2C[C@H]2c2c(F)cccc2Cl)CCO1. The third kappa shape index (κ3) is 5.09. The number of carboxylic acid groups (broad SMARTS) is 1. The first-order chi connectivity index (χ1) is 12.8. The Labute approximate surface area is 162 Å². The number of hydrogen-bond donors (Lipinski definition) is 2. The first-order valence-electron chi connectivity index (χ1n) is 8.86. The number of urea groups is 1. The molecule has 1 aliphatic heterocycles. The van der Waals surface area contributed by atoms with Gasteiger partial charge in [-0.25, -0.2) is 9.18 Å². The van der Waals surface area contributed by atoms with Crippen LogP contribution in [0.1, 0.15) is 17.9 Å². The number of carbonyl (C=O) groups is 2. The van der Waals surface area contributed by atoms with E-state index in [1.54, 1.807) is 29.0 Å². The van der Waals surface area contributed by atoms with Crippen LogP contribution in [0.3, 0.4) is 0 Å². The highest BCUT2D eigenvalue weighted by molar-refractivity contribution is 6.31. The van der Waals surface area contributed by atoms with E-state index < -0.39 is 5.97 Å². The molecule has 2 amide bonds. The van der Waals surface area contributed by atoms with Crippen molar-refractivity contribution in [2.24, 2.45) is 0 Å². The lowest BCUT2D eigenvalue weighted by Crippen LogP contribution is -2.52. The predicted molar refractivity (Wildman–Crippen MR) is 97.5 cm³/mol. The Balaban J connectivity index is 1.51. The van der Waals surface area contributed by atoms with E-state index in [1.165, 1.54) is 6.07 Å². The number of rotatable bonds is 6. The van der Waals surface area contributed by atoms with Crippen molar-refractivity contribution in [2.75, 3.05) is 39.8 Å². The van der Waals surface area contributed by atoms with Crippen LogP contribution in [0.4, 0.5) is 9.18 Å². The predicted octanol–water partition coefficient (Wildman–Crippen LogP) is 1.76. The lowest BCUT2D eigenvalue weighted by Gasteiger charge is -2.34. The fraction of sp³-hybridized carbons (Fsp3) is 0.556. The molecule has 1 aliphatic carbocycles. The van der Waals surface area contributed by atoms with Crippen molar-refractivity contribution in [3.63, 3.8) is 0 Å². The maximum Gasteiger partial charge on any atom is 0.317 e. The molecular formula is C18H23ClFN3O4. The quantitative estimate of drug-likeness (QED) is 0.761. The van der Waals surface area contributed by atoms with Crippen molar-refractivity contribution in [3.8, 4) is 0 Å². The van der Waals surface area contributed by atoms with Gasteiger partial charge in [-0.05, 0) is 25.6 Å². The normalized spacial score (nSPS) is 24.7. The van der Waals surface area contributed by atoms with Crippen LogP contribution in [0, 0.1) is 5.82 Å². The molecule has 1 unspecified atom stereocenters.